The van der Waals surface area contributed by atoms with Crippen molar-refractivity contribution in [3.05, 3.63) is 35.9 Å². The maximum absolute atomic E-state index is 11.6. The Hall–Kier alpha value is -1.14. The van der Waals surface area contributed by atoms with Crippen LogP contribution >= 0.6 is 12.2 Å². The molecule has 0 aliphatic carbocycles. The minimum absolute atomic E-state index is 0.0114. The zero-order valence-electron chi connectivity index (χ0n) is 9.74. The number of rotatable bonds is 2. The first-order chi connectivity index (χ1) is 8.55. The molecule has 4 nitrogen and oxygen atoms in total. The summed E-state index contributed by atoms with van der Waals surface area (Å²) in [5.41, 5.74) is 1.14. The molecule has 2 heterocycles. The molecular weight excluding hydrogens is 268 g/mol. The quantitative estimate of drug-likeness (QED) is 0.803. The van der Waals surface area contributed by atoms with Crippen LogP contribution in [-0.4, -0.2) is 42.0 Å². The fourth-order valence-electron chi connectivity index (χ4n) is 2.64. The molecule has 2 fully saturated rings. The number of hydrogen-bond acceptors (Lipinski definition) is 3. The van der Waals surface area contributed by atoms with Gasteiger partial charge in [-0.1, -0.05) is 30.3 Å². The summed E-state index contributed by atoms with van der Waals surface area (Å²) in [5, 5.41) is 3.79. The summed E-state index contributed by atoms with van der Waals surface area (Å²) in [6.07, 6.45) is 0. The van der Waals surface area contributed by atoms with E-state index in [0.717, 1.165) is 5.56 Å². The van der Waals surface area contributed by atoms with Crippen molar-refractivity contribution in [2.45, 2.75) is 18.6 Å². The fraction of sp³-hybridized carbons (Fsp3) is 0.417. The normalized spacial score (nSPS) is 29.1. The average Bonchev–Trinajstić information content (AvgIpc) is 2.74. The van der Waals surface area contributed by atoms with Gasteiger partial charge in [0.1, 0.15) is 0 Å². The molecule has 2 unspecified atom stereocenters. The van der Waals surface area contributed by atoms with Gasteiger partial charge in [0.25, 0.3) is 0 Å². The Morgan fingerprint density at radius 1 is 1.28 bits per heavy atom. The topological polar surface area (TPSA) is 49.4 Å². The van der Waals surface area contributed by atoms with Crippen molar-refractivity contribution in [2.75, 3.05) is 11.5 Å². The first-order valence-corrected chi connectivity index (χ1v) is 8.10. The number of nitrogens with one attached hydrogen (secondary N) is 1. The molecule has 3 rings (SSSR count). The second kappa shape index (κ2) is 4.20. The summed E-state index contributed by atoms with van der Waals surface area (Å²) in [6.45, 7) is 0.670. The van der Waals surface area contributed by atoms with Crippen LogP contribution in [0.5, 0.6) is 0 Å². The van der Waals surface area contributed by atoms with Crippen molar-refractivity contribution in [1.29, 1.82) is 0 Å². The minimum Gasteiger partial charge on any atom is -0.357 e. The molecule has 2 aliphatic rings. The van der Waals surface area contributed by atoms with Crippen LogP contribution in [-0.2, 0) is 16.4 Å². The van der Waals surface area contributed by atoms with E-state index in [4.69, 9.17) is 12.2 Å². The third-order valence-corrected chi connectivity index (χ3v) is 5.56. The molecule has 2 atom stereocenters. The predicted molar refractivity (Wildman–Crippen MR) is 73.9 cm³/mol. The highest BCUT2D eigenvalue weighted by Crippen LogP contribution is 2.25. The molecule has 0 amide bonds. The molecule has 0 radical (unpaired) electrons. The van der Waals surface area contributed by atoms with Gasteiger partial charge in [-0.15, -0.1) is 0 Å². The van der Waals surface area contributed by atoms with E-state index in [-0.39, 0.29) is 23.6 Å². The van der Waals surface area contributed by atoms with E-state index in [9.17, 15) is 8.42 Å². The molecule has 0 aromatic heterocycles. The summed E-state index contributed by atoms with van der Waals surface area (Å²) in [5.74, 6) is 0.404. The largest absolute Gasteiger partial charge is 0.357 e. The van der Waals surface area contributed by atoms with Crippen molar-refractivity contribution in [3.8, 4) is 0 Å². The zero-order valence-corrected chi connectivity index (χ0v) is 11.4. The van der Waals surface area contributed by atoms with Crippen LogP contribution in [0.2, 0.25) is 0 Å². The van der Waals surface area contributed by atoms with Gasteiger partial charge in [-0.3, -0.25) is 0 Å². The Kier molecular flexibility index (Phi) is 2.79. The van der Waals surface area contributed by atoms with Crippen LogP contribution in [0.1, 0.15) is 5.56 Å². The molecule has 1 aromatic rings. The standard InChI is InChI=1S/C12H14N2O2S2/c15-18(16)7-10-11(8-18)14(12(17)13-10)6-9-4-2-1-3-5-9/h1-5,10-11H,6-8H2,(H,13,17). The number of nitrogens with zero attached hydrogens (tertiary/aromatic N) is 1. The summed E-state index contributed by atoms with van der Waals surface area (Å²) >= 11 is 5.29. The van der Waals surface area contributed by atoms with Crippen LogP contribution in [0, 0.1) is 0 Å². The number of sulfone groups is 1. The highest BCUT2D eigenvalue weighted by atomic mass is 32.2. The predicted octanol–water partition coefficient (Wildman–Crippen LogP) is 0.542. The highest BCUT2D eigenvalue weighted by Gasteiger charge is 2.46. The first-order valence-electron chi connectivity index (χ1n) is 5.87. The number of fused-ring (bicyclic) bond motifs is 1. The van der Waals surface area contributed by atoms with Crippen LogP contribution in [0.25, 0.3) is 0 Å². The summed E-state index contributed by atoms with van der Waals surface area (Å²) in [4.78, 5) is 2.00. The average molecular weight is 282 g/mol. The SMILES string of the molecule is O=S1(=O)CC2NC(=S)N(Cc3ccccc3)C2C1. The van der Waals surface area contributed by atoms with Crippen molar-refractivity contribution in [1.82, 2.24) is 10.2 Å². The first kappa shape index (κ1) is 11.9. The summed E-state index contributed by atoms with van der Waals surface area (Å²) in [7, 11) is -2.92. The lowest BCUT2D eigenvalue weighted by atomic mass is 10.1. The molecule has 0 saturated carbocycles. The molecule has 96 valence electrons. The van der Waals surface area contributed by atoms with E-state index in [2.05, 4.69) is 5.32 Å². The van der Waals surface area contributed by atoms with Gasteiger partial charge < -0.3 is 10.2 Å². The smallest absolute Gasteiger partial charge is 0.169 e. The van der Waals surface area contributed by atoms with Gasteiger partial charge in [-0.2, -0.15) is 0 Å². The van der Waals surface area contributed by atoms with Crippen LogP contribution in [0.3, 0.4) is 0 Å². The zero-order chi connectivity index (χ0) is 12.8. The third-order valence-electron chi connectivity index (χ3n) is 3.49. The lowest BCUT2D eigenvalue weighted by molar-refractivity contribution is 0.349. The lowest BCUT2D eigenvalue weighted by Gasteiger charge is -2.23. The Bertz CT molecular complexity index is 571. The fourth-order valence-corrected chi connectivity index (χ4v) is 4.91. The van der Waals surface area contributed by atoms with Gasteiger partial charge >= 0.3 is 0 Å². The lowest BCUT2D eigenvalue weighted by Crippen LogP contribution is -2.36. The maximum Gasteiger partial charge on any atom is 0.169 e. The highest BCUT2D eigenvalue weighted by molar-refractivity contribution is 7.91. The second-order valence-electron chi connectivity index (χ2n) is 4.81. The van der Waals surface area contributed by atoms with Gasteiger partial charge in [0.15, 0.2) is 14.9 Å². The van der Waals surface area contributed by atoms with E-state index < -0.39 is 9.84 Å². The van der Waals surface area contributed by atoms with Crippen LogP contribution in [0.15, 0.2) is 30.3 Å². The minimum atomic E-state index is -2.92. The van der Waals surface area contributed by atoms with E-state index in [1.54, 1.807) is 0 Å². The molecule has 1 aromatic carbocycles. The Morgan fingerprint density at radius 3 is 2.72 bits per heavy atom. The Labute approximate surface area is 112 Å². The molecule has 18 heavy (non-hydrogen) atoms. The summed E-state index contributed by atoms with van der Waals surface area (Å²) < 4.78 is 23.3. The van der Waals surface area contributed by atoms with E-state index in [1.807, 2.05) is 35.2 Å². The molecule has 6 heteroatoms. The van der Waals surface area contributed by atoms with Crippen LogP contribution < -0.4 is 5.32 Å². The summed E-state index contributed by atoms with van der Waals surface area (Å²) in [6, 6.07) is 9.93. The van der Waals surface area contributed by atoms with Gasteiger partial charge in [0, 0.05) is 6.54 Å². The van der Waals surface area contributed by atoms with Crippen LogP contribution in [0.4, 0.5) is 0 Å². The number of hydrogen-bond donors (Lipinski definition) is 1. The van der Waals surface area contributed by atoms with Crippen molar-refractivity contribution in [3.63, 3.8) is 0 Å². The van der Waals surface area contributed by atoms with Gasteiger partial charge in [-0.25, -0.2) is 8.42 Å². The molecular formula is C12H14N2O2S2. The van der Waals surface area contributed by atoms with Crippen molar-refractivity contribution in [2.24, 2.45) is 0 Å². The van der Waals surface area contributed by atoms with E-state index in [1.165, 1.54) is 0 Å². The maximum atomic E-state index is 11.6. The molecule has 0 bridgehead atoms. The Morgan fingerprint density at radius 2 is 2.00 bits per heavy atom. The second-order valence-corrected chi connectivity index (χ2v) is 7.35. The molecule has 0 spiro atoms. The molecule has 2 aliphatic heterocycles. The third kappa shape index (κ3) is 2.10. The monoisotopic (exact) mass is 282 g/mol. The molecule has 2 saturated heterocycles. The van der Waals surface area contributed by atoms with Gasteiger partial charge in [-0.05, 0) is 17.8 Å². The molecule has 1 N–H and O–H groups in total. The van der Waals surface area contributed by atoms with E-state index in [0.29, 0.717) is 11.7 Å². The van der Waals surface area contributed by atoms with E-state index >= 15 is 0 Å². The number of benzene rings is 1. The van der Waals surface area contributed by atoms with Crippen molar-refractivity contribution < 1.29 is 8.42 Å². The number of thiocarbonyl (C=S) groups is 1. The van der Waals surface area contributed by atoms with Crippen molar-refractivity contribution >= 4 is 27.2 Å². The van der Waals surface area contributed by atoms with Gasteiger partial charge in [0.05, 0.1) is 23.6 Å². The van der Waals surface area contributed by atoms with Gasteiger partial charge in [0.2, 0.25) is 0 Å². The Balaban J connectivity index is 1.82.